The predicted octanol–water partition coefficient (Wildman–Crippen LogP) is 6.72. The van der Waals surface area contributed by atoms with Gasteiger partial charge in [-0.1, -0.05) is 47.3 Å². The lowest BCUT2D eigenvalue weighted by atomic mass is 9.95. The van der Waals surface area contributed by atoms with E-state index in [1.807, 2.05) is 25.1 Å². The molecule has 5 heteroatoms. The lowest BCUT2D eigenvalue weighted by Crippen LogP contribution is -2.35. The van der Waals surface area contributed by atoms with Gasteiger partial charge in [0.15, 0.2) is 0 Å². The van der Waals surface area contributed by atoms with Gasteiger partial charge in [-0.3, -0.25) is 4.79 Å². The molecule has 1 fully saturated rings. The van der Waals surface area contributed by atoms with Crippen molar-refractivity contribution >= 4 is 38.4 Å². The molecule has 0 bridgehead atoms. The van der Waals surface area contributed by atoms with Crippen molar-refractivity contribution in [3.05, 3.63) is 58.8 Å². The first-order valence-corrected chi connectivity index (χ1v) is 11.2. The Bertz CT molecular complexity index is 1080. The largest absolute Gasteiger partial charge is 0.496 e. The quantitative estimate of drug-likeness (QED) is 0.423. The molecular weight excluding hydrogens is 442 g/mol. The lowest BCUT2D eigenvalue weighted by molar-refractivity contribution is -0.117. The van der Waals surface area contributed by atoms with E-state index >= 15 is 0 Å². The van der Waals surface area contributed by atoms with Crippen LogP contribution in [0.3, 0.4) is 0 Å². The van der Waals surface area contributed by atoms with Gasteiger partial charge in [0.2, 0.25) is 5.91 Å². The van der Waals surface area contributed by atoms with E-state index in [-0.39, 0.29) is 11.9 Å². The third kappa shape index (κ3) is 4.46. The second-order valence-electron chi connectivity index (χ2n) is 7.88. The summed E-state index contributed by atoms with van der Waals surface area (Å²) in [6.07, 6.45) is 9.24. The van der Waals surface area contributed by atoms with Crippen molar-refractivity contribution in [3.63, 3.8) is 0 Å². The van der Waals surface area contributed by atoms with Crippen molar-refractivity contribution in [3.8, 4) is 16.9 Å². The van der Waals surface area contributed by atoms with Crippen LogP contribution in [-0.4, -0.2) is 19.1 Å². The zero-order valence-corrected chi connectivity index (χ0v) is 18.9. The highest BCUT2D eigenvalue weighted by Crippen LogP contribution is 2.37. The first kappa shape index (κ1) is 20.7. The van der Waals surface area contributed by atoms with Gasteiger partial charge in [-0.15, -0.1) is 0 Å². The molecule has 1 saturated carbocycles. The highest BCUT2D eigenvalue weighted by molar-refractivity contribution is 9.10. The van der Waals surface area contributed by atoms with Gasteiger partial charge < -0.3 is 14.5 Å². The summed E-state index contributed by atoms with van der Waals surface area (Å²) in [4.78, 5) is 12.6. The van der Waals surface area contributed by atoms with Crippen LogP contribution in [0.15, 0.2) is 57.6 Å². The highest BCUT2D eigenvalue weighted by Gasteiger charge is 2.17. The number of hydrogen-bond acceptors (Lipinski definition) is 3. The Morgan fingerprint density at radius 2 is 1.90 bits per heavy atom. The molecule has 0 atom stereocenters. The molecule has 4 rings (SSSR count). The molecule has 0 saturated heterocycles. The number of rotatable bonds is 5. The number of hydrogen-bond donors (Lipinski definition) is 1. The van der Waals surface area contributed by atoms with Crippen LogP contribution in [0, 0.1) is 0 Å². The smallest absolute Gasteiger partial charge is 0.244 e. The minimum Gasteiger partial charge on any atom is -0.496 e. The summed E-state index contributed by atoms with van der Waals surface area (Å²) in [5.74, 6) is 0.653. The monoisotopic (exact) mass is 467 g/mol. The fourth-order valence-corrected chi connectivity index (χ4v) is 4.41. The van der Waals surface area contributed by atoms with Crippen molar-refractivity contribution in [2.75, 3.05) is 7.11 Å². The summed E-state index contributed by atoms with van der Waals surface area (Å²) >= 11 is 3.48. The average molecular weight is 468 g/mol. The minimum absolute atomic E-state index is 0.0399. The molecule has 3 aromatic rings. The number of ether oxygens (including phenoxy) is 1. The van der Waals surface area contributed by atoms with Gasteiger partial charge in [0.1, 0.15) is 11.3 Å². The first-order chi connectivity index (χ1) is 14.5. The molecule has 2 aromatic carbocycles. The van der Waals surface area contributed by atoms with Gasteiger partial charge in [0.05, 0.1) is 13.4 Å². The van der Waals surface area contributed by atoms with E-state index in [2.05, 4.69) is 39.4 Å². The fourth-order valence-electron chi connectivity index (χ4n) is 4.15. The number of carbonyl (C=O) groups is 1. The van der Waals surface area contributed by atoms with Crippen LogP contribution in [0.1, 0.15) is 44.6 Å². The van der Waals surface area contributed by atoms with Crippen LogP contribution in [0.25, 0.3) is 27.7 Å². The van der Waals surface area contributed by atoms with Crippen molar-refractivity contribution in [1.29, 1.82) is 0 Å². The number of methoxy groups -OCH3 is 1. The van der Waals surface area contributed by atoms with E-state index in [1.54, 1.807) is 19.4 Å². The number of benzene rings is 2. The second kappa shape index (κ2) is 9.09. The Labute approximate surface area is 185 Å². The molecule has 0 spiro atoms. The van der Waals surface area contributed by atoms with Crippen molar-refractivity contribution in [2.24, 2.45) is 0 Å². The molecule has 4 nitrogen and oxygen atoms in total. The Kier molecular flexibility index (Phi) is 6.28. The normalized spacial score (nSPS) is 15.4. The Hall–Kier alpha value is -2.53. The molecule has 1 aromatic heterocycles. The number of halogens is 1. The fraction of sp³-hybridized carbons (Fsp3) is 0.320. The summed E-state index contributed by atoms with van der Waals surface area (Å²) in [5.41, 5.74) is 4.60. The van der Waals surface area contributed by atoms with Crippen molar-refractivity contribution in [2.45, 2.75) is 45.1 Å². The molecule has 156 valence electrons. The van der Waals surface area contributed by atoms with Gasteiger partial charge in [0, 0.05) is 39.2 Å². The predicted molar refractivity (Wildman–Crippen MR) is 125 cm³/mol. The van der Waals surface area contributed by atoms with Crippen LogP contribution in [0.2, 0.25) is 0 Å². The molecule has 1 N–H and O–H groups in total. The maximum Gasteiger partial charge on any atom is 0.244 e. The summed E-state index contributed by atoms with van der Waals surface area (Å²) in [5, 5.41) is 4.15. The van der Waals surface area contributed by atoms with Crippen LogP contribution in [-0.2, 0) is 4.79 Å². The topological polar surface area (TPSA) is 51.5 Å². The summed E-state index contributed by atoms with van der Waals surface area (Å²) in [7, 11) is 1.64. The van der Waals surface area contributed by atoms with E-state index in [0.717, 1.165) is 50.5 Å². The number of nitrogens with one attached hydrogen (secondary N) is 1. The van der Waals surface area contributed by atoms with E-state index in [1.165, 1.54) is 19.3 Å². The molecule has 1 aliphatic rings. The molecule has 30 heavy (non-hydrogen) atoms. The summed E-state index contributed by atoms with van der Waals surface area (Å²) in [6.45, 7) is 1.95. The molecule has 1 amide bonds. The first-order valence-electron chi connectivity index (χ1n) is 10.4. The molecule has 1 heterocycles. The number of allylic oxidation sites excluding steroid dienone is 1. The molecule has 0 unspecified atom stereocenters. The summed E-state index contributed by atoms with van der Waals surface area (Å²) < 4.78 is 12.4. The van der Waals surface area contributed by atoms with Gasteiger partial charge in [-0.25, -0.2) is 0 Å². The zero-order valence-electron chi connectivity index (χ0n) is 17.3. The van der Waals surface area contributed by atoms with Crippen molar-refractivity contribution in [1.82, 2.24) is 5.32 Å². The van der Waals surface area contributed by atoms with Crippen molar-refractivity contribution < 1.29 is 13.9 Å². The van der Waals surface area contributed by atoms with Crippen LogP contribution < -0.4 is 10.1 Å². The van der Waals surface area contributed by atoms with E-state index in [4.69, 9.17) is 9.15 Å². The minimum atomic E-state index is -0.0399. The number of furan rings is 1. The average Bonchev–Trinajstić information content (AvgIpc) is 3.16. The Morgan fingerprint density at radius 1 is 1.17 bits per heavy atom. The maximum atomic E-state index is 12.6. The van der Waals surface area contributed by atoms with Crippen LogP contribution in [0.5, 0.6) is 5.75 Å². The van der Waals surface area contributed by atoms with Gasteiger partial charge >= 0.3 is 0 Å². The lowest BCUT2D eigenvalue weighted by Gasteiger charge is -2.22. The van der Waals surface area contributed by atoms with Gasteiger partial charge in [-0.2, -0.15) is 0 Å². The third-order valence-corrected chi connectivity index (χ3v) is 6.30. The molecular formula is C25H26BrNO3. The number of fused-ring (bicyclic) bond motifs is 1. The highest BCUT2D eigenvalue weighted by atomic mass is 79.9. The van der Waals surface area contributed by atoms with E-state index in [9.17, 15) is 4.79 Å². The maximum absolute atomic E-state index is 12.6. The number of carbonyl (C=O) groups excluding carboxylic acids is 1. The van der Waals surface area contributed by atoms with Crippen LogP contribution >= 0.6 is 15.9 Å². The Balaban J connectivity index is 1.67. The van der Waals surface area contributed by atoms with Gasteiger partial charge in [0.25, 0.3) is 0 Å². The van der Waals surface area contributed by atoms with Gasteiger partial charge in [-0.05, 0) is 49.1 Å². The molecule has 1 aliphatic carbocycles. The number of amides is 1. The molecule has 0 radical (unpaired) electrons. The van der Waals surface area contributed by atoms with Crippen LogP contribution in [0.4, 0.5) is 0 Å². The SMILES string of the molecule is COc1cc2occ(-c3ccc(Br)cc3)c2cc1/C(C)=C/C(=O)NC1CCCCC1. The summed E-state index contributed by atoms with van der Waals surface area (Å²) in [6, 6.07) is 12.4. The Morgan fingerprint density at radius 3 is 2.60 bits per heavy atom. The molecule has 0 aliphatic heterocycles. The van der Waals surface area contributed by atoms with E-state index < -0.39 is 0 Å². The second-order valence-corrected chi connectivity index (χ2v) is 8.79. The third-order valence-electron chi connectivity index (χ3n) is 5.77. The standard InChI is InChI=1S/C25H26BrNO3/c1-16(12-25(28)27-19-6-4-3-5-7-19)20-13-21-22(17-8-10-18(26)11-9-17)15-30-24(21)14-23(20)29-2/h8-15,19H,3-7H2,1-2H3,(H,27,28)/b16-12+. The van der Waals surface area contributed by atoms with E-state index in [0.29, 0.717) is 5.75 Å². The zero-order chi connectivity index (χ0) is 21.1.